The van der Waals surface area contributed by atoms with E-state index in [2.05, 4.69) is 17.1 Å². The molecule has 0 atom stereocenters. The SMILES string of the molecule is O=c1[nH]c2c(c3ccccc13)=CCCC=2. The smallest absolute Gasteiger partial charge is 0.256 e. The minimum absolute atomic E-state index is 0.0101. The van der Waals surface area contributed by atoms with Crippen molar-refractivity contribution in [1.29, 1.82) is 0 Å². The maximum atomic E-state index is 11.8. The molecule has 0 radical (unpaired) electrons. The summed E-state index contributed by atoms with van der Waals surface area (Å²) in [6.45, 7) is 0. The summed E-state index contributed by atoms with van der Waals surface area (Å²) in [7, 11) is 0. The van der Waals surface area contributed by atoms with Crippen molar-refractivity contribution in [2.45, 2.75) is 12.8 Å². The zero-order valence-electron chi connectivity index (χ0n) is 8.29. The Morgan fingerprint density at radius 1 is 1.00 bits per heavy atom. The molecule has 2 heteroatoms. The lowest BCUT2D eigenvalue weighted by Gasteiger charge is -2.03. The summed E-state index contributed by atoms with van der Waals surface area (Å²) in [5.74, 6) is 0. The summed E-state index contributed by atoms with van der Waals surface area (Å²) in [6, 6.07) is 7.76. The van der Waals surface area contributed by atoms with Crippen molar-refractivity contribution in [1.82, 2.24) is 4.98 Å². The lowest BCUT2D eigenvalue weighted by Crippen LogP contribution is -2.36. The number of hydrogen-bond acceptors (Lipinski definition) is 1. The molecule has 1 aromatic heterocycles. The van der Waals surface area contributed by atoms with Crippen LogP contribution in [0.1, 0.15) is 12.8 Å². The molecular weight excluding hydrogens is 186 g/mol. The Kier molecular flexibility index (Phi) is 1.75. The first-order valence-corrected chi connectivity index (χ1v) is 5.18. The van der Waals surface area contributed by atoms with E-state index in [0.717, 1.165) is 29.0 Å². The first kappa shape index (κ1) is 8.48. The fourth-order valence-electron chi connectivity index (χ4n) is 2.15. The number of pyridine rings is 1. The van der Waals surface area contributed by atoms with Crippen LogP contribution >= 0.6 is 0 Å². The highest BCUT2D eigenvalue weighted by Gasteiger charge is 2.02. The maximum absolute atomic E-state index is 11.8. The number of rotatable bonds is 0. The Morgan fingerprint density at radius 2 is 1.73 bits per heavy atom. The quantitative estimate of drug-likeness (QED) is 0.668. The normalized spacial score (nSPS) is 14.1. The van der Waals surface area contributed by atoms with Gasteiger partial charge in [0.1, 0.15) is 0 Å². The largest absolute Gasteiger partial charge is 0.322 e. The van der Waals surface area contributed by atoms with Crippen molar-refractivity contribution in [3.05, 3.63) is 45.2 Å². The molecule has 0 unspecified atom stereocenters. The molecule has 2 aromatic rings. The molecule has 1 aliphatic rings. The van der Waals surface area contributed by atoms with E-state index in [0.29, 0.717) is 0 Å². The monoisotopic (exact) mass is 197 g/mol. The lowest BCUT2D eigenvalue weighted by atomic mass is 10.1. The number of aromatic nitrogens is 1. The third-order valence-electron chi connectivity index (χ3n) is 2.86. The molecule has 0 bridgehead atoms. The van der Waals surface area contributed by atoms with Crippen molar-refractivity contribution in [3.63, 3.8) is 0 Å². The molecule has 1 aromatic carbocycles. The summed E-state index contributed by atoms with van der Waals surface area (Å²) in [4.78, 5) is 14.7. The summed E-state index contributed by atoms with van der Waals surface area (Å²) in [6.07, 6.45) is 6.38. The molecule has 0 aliphatic heterocycles. The molecule has 15 heavy (non-hydrogen) atoms. The number of nitrogens with one attached hydrogen (secondary N) is 1. The molecule has 1 heterocycles. The molecule has 0 spiro atoms. The van der Waals surface area contributed by atoms with Crippen molar-refractivity contribution in [2.75, 3.05) is 0 Å². The van der Waals surface area contributed by atoms with Crippen LogP contribution in [0.4, 0.5) is 0 Å². The van der Waals surface area contributed by atoms with Crippen LogP contribution in [0.5, 0.6) is 0 Å². The second-order valence-electron chi connectivity index (χ2n) is 3.81. The molecular formula is C13H11NO. The van der Waals surface area contributed by atoms with Crippen molar-refractivity contribution >= 4 is 22.9 Å². The predicted octanol–water partition coefficient (Wildman–Crippen LogP) is 0.883. The average Bonchev–Trinajstić information content (AvgIpc) is 2.30. The van der Waals surface area contributed by atoms with Gasteiger partial charge in [-0.15, -0.1) is 0 Å². The first-order valence-electron chi connectivity index (χ1n) is 5.18. The van der Waals surface area contributed by atoms with Crippen LogP contribution in [0.25, 0.3) is 22.9 Å². The Bertz CT molecular complexity index is 695. The molecule has 1 aliphatic carbocycles. The third kappa shape index (κ3) is 1.22. The maximum Gasteiger partial charge on any atom is 0.256 e. The van der Waals surface area contributed by atoms with Gasteiger partial charge in [0.05, 0.1) is 0 Å². The van der Waals surface area contributed by atoms with E-state index in [9.17, 15) is 4.79 Å². The number of benzene rings is 1. The van der Waals surface area contributed by atoms with Crippen LogP contribution in [0.2, 0.25) is 0 Å². The lowest BCUT2D eigenvalue weighted by molar-refractivity contribution is 1.07. The zero-order valence-corrected chi connectivity index (χ0v) is 8.29. The summed E-state index contributed by atoms with van der Waals surface area (Å²) in [5, 5.41) is 4.00. The Morgan fingerprint density at radius 3 is 2.60 bits per heavy atom. The molecule has 0 amide bonds. The van der Waals surface area contributed by atoms with E-state index < -0.39 is 0 Å². The molecule has 0 saturated carbocycles. The van der Waals surface area contributed by atoms with Crippen LogP contribution < -0.4 is 16.1 Å². The molecule has 0 saturated heterocycles. The van der Waals surface area contributed by atoms with Gasteiger partial charge in [-0.2, -0.15) is 0 Å². The first-order chi connectivity index (χ1) is 7.36. The summed E-state index contributed by atoms with van der Waals surface area (Å²) >= 11 is 0. The number of fused-ring (bicyclic) bond motifs is 3. The van der Waals surface area contributed by atoms with Gasteiger partial charge in [-0.25, -0.2) is 0 Å². The number of aromatic amines is 1. The van der Waals surface area contributed by atoms with Gasteiger partial charge in [0.15, 0.2) is 0 Å². The molecule has 0 fully saturated rings. The predicted molar refractivity (Wildman–Crippen MR) is 62.0 cm³/mol. The fourth-order valence-corrected chi connectivity index (χ4v) is 2.15. The van der Waals surface area contributed by atoms with Crippen molar-refractivity contribution < 1.29 is 0 Å². The zero-order chi connectivity index (χ0) is 10.3. The molecule has 74 valence electrons. The van der Waals surface area contributed by atoms with Crippen molar-refractivity contribution in [3.8, 4) is 0 Å². The molecule has 3 rings (SSSR count). The minimum atomic E-state index is 0.0101. The van der Waals surface area contributed by atoms with Gasteiger partial charge >= 0.3 is 0 Å². The van der Waals surface area contributed by atoms with Gasteiger partial charge in [-0.3, -0.25) is 4.79 Å². The summed E-state index contributed by atoms with van der Waals surface area (Å²) < 4.78 is 0. The number of hydrogen-bond donors (Lipinski definition) is 1. The second-order valence-corrected chi connectivity index (χ2v) is 3.81. The van der Waals surface area contributed by atoms with E-state index in [1.165, 1.54) is 5.22 Å². The van der Waals surface area contributed by atoms with Crippen LogP contribution in [-0.2, 0) is 0 Å². The van der Waals surface area contributed by atoms with Crippen LogP contribution in [0, 0.1) is 0 Å². The van der Waals surface area contributed by atoms with Gasteiger partial charge in [0, 0.05) is 16.0 Å². The van der Waals surface area contributed by atoms with Gasteiger partial charge in [0.25, 0.3) is 5.56 Å². The van der Waals surface area contributed by atoms with Gasteiger partial charge in [0.2, 0.25) is 0 Å². The van der Waals surface area contributed by atoms with Gasteiger partial charge in [-0.1, -0.05) is 30.4 Å². The highest BCUT2D eigenvalue weighted by Crippen LogP contribution is 2.03. The van der Waals surface area contributed by atoms with Crippen LogP contribution in [-0.4, -0.2) is 4.98 Å². The van der Waals surface area contributed by atoms with E-state index in [-0.39, 0.29) is 5.56 Å². The average molecular weight is 197 g/mol. The Hall–Kier alpha value is -1.83. The second kappa shape index (κ2) is 3.09. The highest BCUT2D eigenvalue weighted by molar-refractivity contribution is 5.82. The molecule has 2 nitrogen and oxygen atoms in total. The minimum Gasteiger partial charge on any atom is -0.322 e. The standard InChI is InChI=1S/C13H11NO/c15-13-11-7-2-1-5-9(11)10-6-3-4-8-12(10)14-13/h1-2,5-8H,3-4H2,(H,14,15). The highest BCUT2D eigenvalue weighted by atomic mass is 16.1. The third-order valence-corrected chi connectivity index (χ3v) is 2.86. The van der Waals surface area contributed by atoms with E-state index in [1.54, 1.807) is 0 Å². The fraction of sp³-hybridized carbons (Fsp3) is 0.154. The van der Waals surface area contributed by atoms with E-state index in [1.807, 2.05) is 24.3 Å². The Labute approximate surface area is 86.6 Å². The van der Waals surface area contributed by atoms with Crippen LogP contribution in [0.3, 0.4) is 0 Å². The summed E-state index contributed by atoms with van der Waals surface area (Å²) in [5.41, 5.74) is 0.0101. The van der Waals surface area contributed by atoms with E-state index in [4.69, 9.17) is 0 Å². The van der Waals surface area contributed by atoms with Gasteiger partial charge < -0.3 is 4.98 Å². The van der Waals surface area contributed by atoms with Gasteiger partial charge in [-0.05, 0) is 24.3 Å². The van der Waals surface area contributed by atoms with Crippen molar-refractivity contribution in [2.24, 2.45) is 0 Å². The molecule has 1 N–H and O–H groups in total. The topological polar surface area (TPSA) is 32.9 Å². The van der Waals surface area contributed by atoms with Crippen LogP contribution in [0.15, 0.2) is 29.1 Å². The number of H-pyrrole nitrogens is 1. The Balaban J connectivity index is 2.69. The van der Waals surface area contributed by atoms with E-state index >= 15 is 0 Å².